The van der Waals surface area contributed by atoms with E-state index in [2.05, 4.69) is 11.9 Å². The van der Waals surface area contributed by atoms with Gasteiger partial charge in [-0.25, -0.2) is 0 Å². The van der Waals surface area contributed by atoms with Crippen LogP contribution in [0.25, 0.3) is 0 Å². The summed E-state index contributed by atoms with van der Waals surface area (Å²) in [6, 6.07) is 7.03. The van der Waals surface area contributed by atoms with Crippen LogP contribution < -0.4 is 10.1 Å². The zero-order valence-corrected chi connectivity index (χ0v) is 13.1. The maximum atomic E-state index is 12.2. The first kappa shape index (κ1) is 17.2. The average molecular weight is 291 g/mol. The molecule has 0 saturated heterocycles. The lowest BCUT2D eigenvalue weighted by atomic mass is 9.94. The lowest BCUT2D eigenvalue weighted by Crippen LogP contribution is -2.41. The minimum absolute atomic E-state index is 0.208. The second-order valence-corrected chi connectivity index (χ2v) is 5.87. The average Bonchev–Trinajstić information content (AvgIpc) is 2.41. The van der Waals surface area contributed by atoms with E-state index in [1.54, 1.807) is 31.2 Å². The summed E-state index contributed by atoms with van der Waals surface area (Å²) in [7, 11) is 0. The number of para-hydroxylation sites is 1. The predicted molar refractivity (Wildman–Crippen MR) is 84.5 cm³/mol. The molecule has 0 aliphatic carbocycles. The standard InChI is InChI=1S/C17H25NO3/c1-5-10-21-15-9-7-6-8-14(15)16(19)18-12-17(4,20)11-13(2)3/h5-9,13,20H,1,10-12H2,2-4H3,(H,18,19). The van der Waals surface area contributed by atoms with Gasteiger partial charge < -0.3 is 15.2 Å². The molecule has 21 heavy (non-hydrogen) atoms. The van der Waals surface area contributed by atoms with Gasteiger partial charge in [-0.3, -0.25) is 4.79 Å². The Kier molecular flexibility index (Phi) is 6.43. The Balaban J connectivity index is 2.69. The largest absolute Gasteiger partial charge is 0.489 e. The van der Waals surface area contributed by atoms with Gasteiger partial charge in [0.15, 0.2) is 0 Å². The molecule has 0 radical (unpaired) electrons. The molecule has 1 unspecified atom stereocenters. The molecular weight excluding hydrogens is 266 g/mol. The molecule has 0 heterocycles. The van der Waals surface area contributed by atoms with Crippen molar-refractivity contribution in [1.29, 1.82) is 0 Å². The smallest absolute Gasteiger partial charge is 0.255 e. The molecule has 4 heteroatoms. The van der Waals surface area contributed by atoms with Crippen molar-refractivity contribution in [3.8, 4) is 5.75 Å². The van der Waals surface area contributed by atoms with Crippen LogP contribution in [0.15, 0.2) is 36.9 Å². The SMILES string of the molecule is C=CCOc1ccccc1C(=O)NCC(C)(O)CC(C)C. The summed E-state index contributed by atoms with van der Waals surface area (Å²) >= 11 is 0. The van der Waals surface area contributed by atoms with E-state index in [4.69, 9.17) is 4.74 Å². The van der Waals surface area contributed by atoms with Gasteiger partial charge in [-0.2, -0.15) is 0 Å². The molecule has 116 valence electrons. The Morgan fingerprint density at radius 1 is 1.48 bits per heavy atom. The quantitative estimate of drug-likeness (QED) is 0.724. The van der Waals surface area contributed by atoms with Gasteiger partial charge in [-0.15, -0.1) is 0 Å². The Morgan fingerprint density at radius 2 is 2.14 bits per heavy atom. The molecule has 0 saturated carbocycles. The Morgan fingerprint density at radius 3 is 2.76 bits per heavy atom. The summed E-state index contributed by atoms with van der Waals surface area (Å²) in [5.41, 5.74) is -0.458. The predicted octanol–water partition coefficient (Wildman–Crippen LogP) is 2.78. The number of carbonyl (C=O) groups excluding carboxylic acids is 1. The van der Waals surface area contributed by atoms with Crippen molar-refractivity contribution in [2.75, 3.05) is 13.2 Å². The zero-order valence-electron chi connectivity index (χ0n) is 13.1. The van der Waals surface area contributed by atoms with Gasteiger partial charge in [0.25, 0.3) is 5.91 Å². The van der Waals surface area contributed by atoms with Crippen molar-refractivity contribution in [3.63, 3.8) is 0 Å². The molecule has 1 atom stereocenters. The van der Waals surface area contributed by atoms with Gasteiger partial charge in [-0.05, 0) is 31.4 Å². The molecule has 0 bridgehead atoms. The van der Waals surface area contributed by atoms with E-state index in [0.717, 1.165) is 0 Å². The third-order valence-electron chi connectivity index (χ3n) is 2.97. The first-order valence-electron chi connectivity index (χ1n) is 7.19. The number of rotatable bonds is 8. The summed E-state index contributed by atoms with van der Waals surface area (Å²) in [5.74, 6) is 0.622. The van der Waals surface area contributed by atoms with E-state index in [1.165, 1.54) is 0 Å². The van der Waals surface area contributed by atoms with Crippen molar-refractivity contribution in [2.45, 2.75) is 32.8 Å². The highest BCUT2D eigenvalue weighted by Gasteiger charge is 2.23. The monoisotopic (exact) mass is 291 g/mol. The fourth-order valence-electron chi connectivity index (χ4n) is 2.25. The normalized spacial score (nSPS) is 13.6. The number of hydrogen-bond donors (Lipinski definition) is 2. The van der Waals surface area contributed by atoms with Crippen molar-refractivity contribution in [3.05, 3.63) is 42.5 Å². The van der Waals surface area contributed by atoms with Crippen LogP contribution in [0.1, 0.15) is 37.6 Å². The van der Waals surface area contributed by atoms with Crippen molar-refractivity contribution in [1.82, 2.24) is 5.32 Å². The Labute approximate surface area is 126 Å². The molecule has 2 N–H and O–H groups in total. The van der Waals surface area contributed by atoms with Crippen LogP contribution in [-0.2, 0) is 0 Å². The van der Waals surface area contributed by atoms with E-state index in [9.17, 15) is 9.90 Å². The van der Waals surface area contributed by atoms with Crippen LogP contribution in [0.3, 0.4) is 0 Å². The van der Waals surface area contributed by atoms with E-state index >= 15 is 0 Å². The topological polar surface area (TPSA) is 58.6 Å². The van der Waals surface area contributed by atoms with Crippen LogP contribution in [-0.4, -0.2) is 29.8 Å². The first-order chi connectivity index (χ1) is 9.85. The Hall–Kier alpha value is -1.81. The van der Waals surface area contributed by atoms with Crippen molar-refractivity contribution in [2.24, 2.45) is 5.92 Å². The van der Waals surface area contributed by atoms with Crippen LogP contribution in [0.4, 0.5) is 0 Å². The maximum absolute atomic E-state index is 12.2. The lowest BCUT2D eigenvalue weighted by molar-refractivity contribution is 0.0368. The highest BCUT2D eigenvalue weighted by atomic mass is 16.5. The molecular formula is C17H25NO3. The van der Waals surface area contributed by atoms with E-state index < -0.39 is 5.60 Å². The number of carbonyl (C=O) groups is 1. The second-order valence-electron chi connectivity index (χ2n) is 5.87. The summed E-state index contributed by atoms with van der Waals surface area (Å²) in [6.45, 7) is 9.94. The number of nitrogens with one attached hydrogen (secondary N) is 1. The summed E-state index contributed by atoms with van der Waals surface area (Å²) in [6.07, 6.45) is 2.25. The van der Waals surface area contributed by atoms with Crippen LogP contribution in [0.5, 0.6) is 5.75 Å². The lowest BCUT2D eigenvalue weighted by Gasteiger charge is -2.25. The van der Waals surface area contributed by atoms with Gasteiger partial charge in [-0.1, -0.05) is 38.6 Å². The molecule has 1 aromatic rings. The molecule has 0 aromatic heterocycles. The van der Waals surface area contributed by atoms with Gasteiger partial charge >= 0.3 is 0 Å². The van der Waals surface area contributed by atoms with Crippen molar-refractivity contribution < 1.29 is 14.6 Å². The highest BCUT2D eigenvalue weighted by molar-refractivity contribution is 5.96. The minimum Gasteiger partial charge on any atom is -0.489 e. The molecule has 0 fully saturated rings. The summed E-state index contributed by atoms with van der Waals surface area (Å²) in [4.78, 5) is 12.2. The number of amides is 1. The van der Waals surface area contributed by atoms with Crippen LogP contribution >= 0.6 is 0 Å². The summed E-state index contributed by atoms with van der Waals surface area (Å²) in [5, 5.41) is 13.0. The second kappa shape index (κ2) is 7.84. The molecule has 1 rings (SSSR count). The minimum atomic E-state index is -0.916. The van der Waals surface area contributed by atoms with Crippen LogP contribution in [0, 0.1) is 5.92 Å². The molecule has 4 nitrogen and oxygen atoms in total. The van der Waals surface area contributed by atoms with Gasteiger partial charge in [0.2, 0.25) is 0 Å². The number of benzene rings is 1. The molecule has 0 aliphatic heterocycles. The van der Waals surface area contributed by atoms with E-state index in [-0.39, 0.29) is 12.5 Å². The maximum Gasteiger partial charge on any atom is 0.255 e. The van der Waals surface area contributed by atoms with Crippen LogP contribution in [0.2, 0.25) is 0 Å². The fraction of sp³-hybridized carbons (Fsp3) is 0.471. The molecule has 0 spiro atoms. The van der Waals surface area contributed by atoms with Gasteiger partial charge in [0.1, 0.15) is 12.4 Å². The van der Waals surface area contributed by atoms with Gasteiger partial charge in [0.05, 0.1) is 11.2 Å². The number of aliphatic hydroxyl groups is 1. The zero-order chi connectivity index (χ0) is 15.9. The van der Waals surface area contributed by atoms with Crippen molar-refractivity contribution >= 4 is 5.91 Å². The molecule has 1 aromatic carbocycles. The highest BCUT2D eigenvalue weighted by Crippen LogP contribution is 2.19. The van der Waals surface area contributed by atoms with E-state index in [0.29, 0.717) is 30.3 Å². The summed E-state index contributed by atoms with van der Waals surface area (Å²) < 4.78 is 5.46. The number of hydrogen-bond acceptors (Lipinski definition) is 3. The molecule has 0 aliphatic rings. The fourth-order valence-corrected chi connectivity index (χ4v) is 2.25. The Bertz CT molecular complexity index is 481. The van der Waals surface area contributed by atoms with Gasteiger partial charge in [0, 0.05) is 6.54 Å². The van der Waals surface area contributed by atoms with E-state index in [1.807, 2.05) is 19.9 Å². The third-order valence-corrected chi connectivity index (χ3v) is 2.97. The third kappa shape index (κ3) is 6.00. The first-order valence-corrected chi connectivity index (χ1v) is 7.19. The molecule has 1 amide bonds. The number of ether oxygens (including phenoxy) is 1.